The lowest BCUT2D eigenvalue weighted by Crippen LogP contribution is -2.47. The Morgan fingerprint density at radius 1 is 1.13 bits per heavy atom. The molecule has 2 saturated heterocycles. The van der Waals surface area contributed by atoms with Crippen LogP contribution in [-0.2, 0) is 14.8 Å². The minimum atomic E-state index is -3.21. The number of rotatable bonds is 7. The molecule has 0 radical (unpaired) electrons. The summed E-state index contributed by atoms with van der Waals surface area (Å²) in [5.41, 5.74) is 1.75. The van der Waals surface area contributed by atoms with E-state index in [4.69, 9.17) is 0 Å². The zero-order chi connectivity index (χ0) is 22.6. The molecule has 1 N–H and O–H groups in total. The SMILES string of the molecule is CCN1CCN(c2ccc(F)cc2C(C)NC(=O)C2CCN(S(=O)(=O)CC)CC2)CC1. The molecule has 3 rings (SSSR count). The van der Waals surface area contributed by atoms with Crippen LogP contribution in [0.1, 0.15) is 45.2 Å². The topological polar surface area (TPSA) is 73.0 Å². The number of amides is 1. The highest BCUT2D eigenvalue weighted by molar-refractivity contribution is 7.89. The van der Waals surface area contributed by atoms with Gasteiger partial charge in [-0.2, -0.15) is 0 Å². The Labute approximate surface area is 185 Å². The van der Waals surface area contributed by atoms with Crippen LogP contribution in [0.2, 0.25) is 0 Å². The number of nitrogens with one attached hydrogen (secondary N) is 1. The molecule has 1 atom stereocenters. The Hall–Kier alpha value is -1.71. The summed E-state index contributed by atoms with van der Waals surface area (Å²) < 4.78 is 39.6. The smallest absolute Gasteiger partial charge is 0.223 e. The number of hydrogen-bond donors (Lipinski definition) is 1. The Morgan fingerprint density at radius 2 is 1.77 bits per heavy atom. The van der Waals surface area contributed by atoms with Crippen LogP contribution in [0.3, 0.4) is 0 Å². The minimum absolute atomic E-state index is 0.0791. The Kier molecular flexibility index (Phi) is 7.93. The van der Waals surface area contributed by atoms with Crippen molar-refractivity contribution in [2.45, 2.75) is 39.7 Å². The first-order chi connectivity index (χ1) is 14.7. The van der Waals surface area contributed by atoms with E-state index in [2.05, 4.69) is 22.0 Å². The summed E-state index contributed by atoms with van der Waals surface area (Å²) in [6.07, 6.45) is 1.01. The fraction of sp³-hybridized carbons (Fsp3) is 0.682. The molecule has 0 bridgehead atoms. The van der Waals surface area contributed by atoms with E-state index < -0.39 is 10.0 Å². The normalized spacial score (nSPS) is 20.6. The van der Waals surface area contributed by atoms with Gasteiger partial charge >= 0.3 is 0 Å². The maximum absolute atomic E-state index is 14.1. The van der Waals surface area contributed by atoms with E-state index in [-0.39, 0.29) is 29.4 Å². The van der Waals surface area contributed by atoms with Crippen molar-refractivity contribution in [3.8, 4) is 0 Å². The number of sulfonamides is 1. The minimum Gasteiger partial charge on any atom is -0.369 e. The summed E-state index contributed by atoms with van der Waals surface area (Å²) in [4.78, 5) is 17.5. The third kappa shape index (κ3) is 5.75. The van der Waals surface area contributed by atoms with E-state index in [1.807, 2.05) is 13.0 Å². The van der Waals surface area contributed by atoms with E-state index in [9.17, 15) is 17.6 Å². The van der Waals surface area contributed by atoms with Crippen molar-refractivity contribution >= 4 is 21.6 Å². The highest BCUT2D eigenvalue weighted by Crippen LogP contribution is 2.29. The third-order valence-electron chi connectivity index (χ3n) is 6.56. The second-order valence-corrected chi connectivity index (χ2v) is 10.7. The summed E-state index contributed by atoms with van der Waals surface area (Å²) in [7, 11) is -3.21. The van der Waals surface area contributed by atoms with Gasteiger partial charge in [0, 0.05) is 56.4 Å². The van der Waals surface area contributed by atoms with Gasteiger partial charge < -0.3 is 15.1 Å². The molecule has 0 aromatic heterocycles. The van der Waals surface area contributed by atoms with Gasteiger partial charge in [0.15, 0.2) is 0 Å². The lowest BCUT2D eigenvalue weighted by atomic mass is 9.96. The molecule has 0 saturated carbocycles. The molecule has 2 fully saturated rings. The van der Waals surface area contributed by atoms with E-state index in [1.165, 1.54) is 16.4 Å². The van der Waals surface area contributed by atoms with E-state index >= 15 is 0 Å². The molecule has 1 amide bonds. The Morgan fingerprint density at radius 3 is 2.35 bits per heavy atom. The monoisotopic (exact) mass is 454 g/mol. The lowest BCUT2D eigenvalue weighted by Gasteiger charge is -2.37. The second-order valence-electron chi connectivity index (χ2n) is 8.43. The molecule has 9 heteroatoms. The largest absolute Gasteiger partial charge is 0.369 e. The molecule has 2 heterocycles. The van der Waals surface area contributed by atoms with Gasteiger partial charge in [0.1, 0.15) is 5.82 Å². The van der Waals surface area contributed by atoms with Gasteiger partial charge in [-0.1, -0.05) is 6.92 Å². The Bertz CT molecular complexity index is 864. The van der Waals surface area contributed by atoms with Gasteiger partial charge in [-0.3, -0.25) is 4.79 Å². The van der Waals surface area contributed by atoms with Gasteiger partial charge in [0.2, 0.25) is 15.9 Å². The van der Waals surface area contributed by atoms with Crippen LogP contribution in [0.4, 0.5) is 10.1 Å². The molecule has 2 aliphatic rings. The molecule has 1 aromatic carbocycles. The number of likely N-dealkylation sites (N-methyl/N-ethyl adjacent to an activating group) is 1. The van der Waals surface area contributed by atoms with Crippen LogP contribution in [0, 0.1) is 11.7 Å². The molecule has 0 spiro atoms. The molecular weight excluding hydrogens is 419 g/mol. The summed E-state index contributed by atoms with van der Waals surface area (Å²) in [6, 6.07) is 4.47. The number of benzene rings is 1. The average Bonchev–Trinajstić information content (AvgIpc) is 2.79. The number of carbonyl (C=O) groups is 1. The van der Waals surface area contributed by atoms with Crippen LogP contribution < -0.4 is 10.2 Å². The molecule has 7 nitrogen and oxygen atoms in total. The fourth-order valence-electron chi connectivity index (χ4n) is 4.45. The summed E-state index contributed by atoms with van der Waals surface area (Å²) in [5, 5.41) is 3.05. The zero-order valence-corrected chi connectivity index (χ0v) is 19.6. The van der Waals surface area contributed by atoms with Crippen LogP contribution in [0.5, 0.6) is 0 Å². The van der Waals surface area contributed by atoms with E-state index in [0.717, 1.165) is 44.0 Å². The average molecular weight is 455 g/mol. The number of carbonyl (C=O) groups excluding carboxylic acids is 1. The van der Waals surface area contributed by atoms with Crippen LogP contribution in [0.15, 0.2) is 18.2 Å². The summed E-state index contributed by atoms with van der Waals surface area (Å²) >= 11 is 0. The number of nitrogens with zero attached hydrogens (tertiary/aromatic N) is 3. The standard InChI is InChI=1S/C22H35FN4O3S/c1-4-25-12-14-26(15-13-25)21-7-6-19(23)16-20(21)17(3)24-22(28)18-8-10-27(11-9-18)31(29,30)5-2/h6-7,16-18H,4-5,8-15H2,1-3H3,(H,24,28). The molecule has 1 unspecified atom stereocenters. The molecule has 31 heavy (non-hydrogen) atoms. The first-order valence-electron chi connectivity index (χ1n) is 11.3. The maximum Gasteiger partial charge on any atom is 0.223 e. The van der Waals surface area contributed by atoms with Gasteiger partial charge in [-0.25, -0.2) is 17.1 Å². The fourth-order valence-corrected chi connectivity index (χ4v) is 5.59. The molecule has 1 aromatic rings. The molecular formula is C22H35FN4O3S. The van der Waals surface area contributed by atoms with E-state index in [1.54, 1.807) is 6.92 Å². The number of piperazine rings is 1. The van der Waals surface area contributed by atoms with Crippen molar-refractivity contribution in [1.29, 1.82) is 0 Å². The van der Waals surface area contributed by atoms with Crippen molar-refractivity contribution in [3.05, 3.63) is 29.6 Å². The predicted molar refractivity (Wildman–Crippen MR) is 121 cm³/mol. The van der Waals surface area contributed by atoms with Crippen molar-refractivity contribution in [2.75, 3.05) is 56.5 Å². The molecule has 174 valence electrons. The predicted octanol–water partition coefficient (Wildman–Crippen LogP) is 2.21. The number of piperidine rings is 1. The van der Waals surface area contributed by atoms with Crippen molar-refractivity contribution in [1.82, 2.24) is 14.5 Å². The first-order valence-corrected chi connectivity index (χ1v) is 12.9. The van der Waals surface area contributed by atoms with Gasteiger partial charge in [0.25, 0.3) is 0 Å². The lowest BCUT2D eigenvalue weighted by molar-refractivity contribution is -0.126. The van der Waals surface area contributed by atoms with Gasteiger partial charge in [-0.15, -0.1) is 0 Å². The highest BCUT2D eigenvalue weighted by Gasteiger charge is 2.31. The van der Waals surface area contributed by atoms with Crippen molar-refractivity contribution in [3.63, 3.8) is 0 Å². The summed E-state index contributed by atoms with van der Waals surface area (Å²) in [6.45, 7) is 11.1. The van der Waals surface area contributed by atoms with Crippen LogP contribution >= 0.6 is 0 Å². The third-order valence-corrected chi connectivity index (χ3v) is 8.44. The number of halogens is 1. The highest BCUT2D eigenvalue weighted by atomic mass is 32.2. The number of hydrogen-bond acceptors (Lipinski definition) is 5. The van der Waals surface area contributed by atoms with Crippen LogP contribution in [0.25, 0.3) is 0 Å². The van der Waals surface area contributed by atoms with E-state index in [0.29, 0.717) is 25.9 Å². The molecule has 0 aliphatic carbocycles. The second kappa shape index (κ2) is 10.3. The number of anilines is 1. The zero-order valence-electron chi connectivity index (χ0n) is 18.8. The van der Waals surface area contributed by atoms with Crippen LogP contribution in [-0.4, -0.2) is 75.1 Å². The van der Waals surface area contributed by atoms with Crippen molar-refractivity contribution < 1.29 is 17.6 Å². The maximum atomic E-state index is 14.1. The van der Waals surface area contributed by atoms with Gasteiger partial charge in [-0.05, 0) is 51.4 Å². The quantitative estimate of drug-likeness (QED) is 0.684. The van der Waals surface area contributed by atoms with Gasteiger partial charge in [0.05, 0.1) is 11.8 Å². The molecule has 2 aliphatic heterocycles. The first kappa shape index (κ1) is 23.9. The Balaban J connectivity index is 1.65. The van der Waals surface area contributed by atoms with Crippen molar-refractivity contribution in [2.24, 2.45) is 5.92 Å². The summed E-state index contributed by atoms with van der Waals surface area (Å²) in [5.74, 6) is -0.552.